The van der Waals surface area contributed by atoms with Gasteiger partial charge in [-0.1, -0.05) is 67.3 Å². The zero-order valence-corrected chi connectivity index (χ0v) is 17.4. The first kappa shape index (κ1) is 19.9. The van der Waals surface area contributed by atoms with Crippen molar-refractivity contribution in [2.45, 2.75) is 64.7 Å². The average Bonchev–Trinajstić information content (AvgIpc) is 3.18. The molecule has 0 aliphatic heterocycles. The Balaban J connectivity index is 1.53. The standard InChI is InChI=1S/C26H31FN2/c1-21-13-15-22(16-14-21)18-28-17-7-11-25(28)20-29(24-9-3-2-4-10-24)19-23-8-5-6-12-26(23)27/h5-8,11-17,24H,2-4,9-10,18-20H2,1H3. The van der Waals surface area contributed by atoms with Gasteiger partial charge in [0, 0.05) is 43.1 Å². The maximum atomic E-state index is 14.4. The Morgan fingerprint density at radius 3 is 2.41 bits per heavy atom. The van der Waals surface area contributed by atoms with E-state index in [0.717, 1.165) is 18.7 Å². The molecule has 2 nitrogen and oxygen atoms in total. The van der Waals surface area contributed by atoms with E-state index in [9.17, 15) is 4.39 Å². The van der Waals surface area contributed by atoms with Gasteiger partial charge < -0.3 is 4.57 Å². The highest BCUT2D eigenvalue weighted by Crippen LogP contribution is 2.26. The predicted octanol–water partition coefficient (Wildman–Crippen LogP) is 6.32. The quantitative estimate of drug-likeness (QED) is 0.458. The first-order valence-electron chi connectivity index (χ1n) is 10.9. The van der Waals surface area contributed by atoms with Crippen LogP contribution < -0.4 is 0 Å². The molecule has 3 aromatic rings. The second-order valence-corrected chi connectivity index (χ2v) is 8.40. The van der Waals surface area contributed by atoms with Gasteiger partial charge in [-0.3, -0.25) is 4.90 Å². The van der Waals surface area contributed by atoms with Crippen molar-refractivity contribution in [3.63, 3.8) is 0 Å². The third-order valence-electron chi connectivity index (χ3n) is 6.18. The maximum absolute atomic E-state index is 14.4. The van der Waals surface area contributed by atoms with E-state index in [1.54, 1.807) is 12.1 Å². The molecule has 3 heteroatoms. The van der Waals surface area contributed by atoms with Gasteiger partial charge in [0.2, 0.25) is 0 Å². The molecule has 1 saturated carbocycles. The van der Waals surface area contributed by atoms with Crippen molar-refractivity contribution in [2.75, 3.05) is 0 Å². The van der Waals surface area contributed by atoms with Crippen LogP contribution in [0, 0.1) is 12.7 Å². The number of halogens is 1. The van der Waals surface area contributed by atoms with E-state index in [2.05, 4.69) is 59.0 Å². The van der Waals surface area contributed by atoms with Crippen LogP contribution in [-0.2, 0) is 19.6 Å². The van der Waals surface area contributed by atoms with Gasteiger partial charge in [-0.05, 0) is 43.5 Å². The van der Waals surface area contributed by atoms with E-state index in [1.165, 1.54) is 48.9 Å². The number of aromatic nitrogens is 1. The maximum Gasteiger partial charge on any atom is 0.127 e. The van der Waals surface area contributed by atoms with Crippen molar-refractivity contribution in [3.8, 4) is 0 Å². The summed E-state index contributed by atoms with van der Waals surface area (Å²) in [5.41, 5.74) is 4.70. The van der Waals surface area contributed by atoms with Crippen LogP contribution in [0.25, 0.3) is 0 Å². The summed E-state index contributed by atoms with van der Waals surface area (Å²) in [5, 5.41) is 0. The van der Waals surface area contributed by atoms with Crippen LogP contribution >= 0.6 is 0 Å². The fraction of sp³-hybridized carbons (Fsp3) is 0.385. The molecule has 0 N–H and O–H groups in total. The fourth-order valence-corrected chi connectivity index (χ4v) is 4.45. The summed E-state index contributed by atoms with van der Waals surface area (Å²) in [7, 11) is 0. The lowest BCUT2D eigenvalue weighted by atomic mass is 9.93. The summed E-state index contributed by atoms with van der Waals surface area (Å²) in [6.45, 7) is 4.53. The van der Waals surface area contributed by atoms with Gasteiger partial charge in [0.15, 0.2) is 0 Å². The van der Waals surface area contributed by atoms with Crippen LogP contribution in [0.2, 0.25) is 0 Å². The van der Waals surface area contributed by atoms with Crippen molar-refractivity contribution in [2.24, 2.45) is 0 Å². The zero-order chi connectivity index (χ0) is 20.1. The number of rotatable bonds is 7. The van der Waals surface area contributed by atoms with Gasteiger partial charge in [-0.2, -0.15) is 0 Å². The molecule has 1 aromatic heterocycles. The average molecular weight is 391 g/mol. The second-order valence-electron chi connectivity index (χ2n) is 8.40. The number of benzene rings is 2. The van der Waals surface area contributed by atoms with E-state index < -0.39 is 0 Å². The van der Waals surface area contributed by atoms with Crippen molar-refractivity contribution >= 4 is 0 Å². The first-order chi connectivity index (χ1) is 14.2. The number of nitrogens with zero attached hydrogens (tertiary/aromatic N) is 2. The van der Waals surface area contributed by atoms with E-state index >= 15 is 0 Å². The van der Waals surface area contributed by atoms with Crippen LogP contribution in [0.3, 0.4) is 0 Å². The largest absolute Gasteiger partial charge is 0.346 e. The molecule has 2 aromatic carbocycles. The summed E-state index contributed by atoms with van der Waals surface area (Å²) in [6.07, 6.45) is 8.48. The van der Waals surface area contributed by atoms with Crippen molar-refractivity contribution in [1.29, 1.82) is 0 Å². The number of hydrogen-bond donors (Lipinski definition) is 0. The number of hydrogen-bond acceptors (Lipinski definition) is 1. The van der Waals surface area contributed by atoms with E-state index in [1.807, 2.05) is 12.1 Å². The lowest BCUT2D eigenvalue weighted by molar-refractivity contribution is 0.135. The Kier molecular flexibility index (Phi) is 6.46. The monoisotopic (exact) mass is 390 g/mol. The van der Waals surface area contributed by atoms with Gasteiger partial charge in [-0.15, -0.1) is 0 Å². The minimum Gasteiger partial charge on any atom is -0.346 e. The summed E-state index contributed by atoms with van der Waals surface area (Å²) in [4.78, 5) is 2.50. The highest BCUT2D eigenvalue weighted by atomic mass is 19.1. The molecule has 0 amide bonds. The molecular weight excluding hydrogens is 359 g/mol. The van der Waals surface area contributed by atoms with Gasteiger partial charge in [0.1, 0.15) is 5.82 Å². The van der Waals surface area contributed by atoms with Crippen molar-refractivity contribution in [3.05, 3.63) is 95.1 Å². The minimum atomic E-state index is -0.0941. The molecule has 0 saturated heterocycles. The molecule has 29 heavy (non-hydrogen) atoms. The smallest absolute Gasteiger partial charge is 0.127 e. The zero-order valence-electron chi connectivity index (χ0n) is 17.4. The van der Waals surface area contributed by atoms with Gasteiger partial charge in [0.25, 0.3) is 0 Å². The summed E-state index contributed by atoms with van der Waals surface area (Å²) in [6, 6.07) is 20.9. The Bertz CT molecular complexity index is 906. The van der Waals surface area contributed by atoms with Crippen LogP contribution in [0.5, 0.6) is 0 Å². The van der Waals surface area contributed by atoms with Crippen LogP contribution in [-0.4, -0.2) is 15.5 Å². The molecule has 1 heterocycles. The normalized spacial score (nSPS) is 15.1. The Morgan fingerprint density at radius 2 is 1.66 bits per heavy atom. The number of aryl methyl sites for hydroxylation is 1. The predicted molar refractivity (Wildman–Crippen MR) is 117 cm³/mol. The molecule has 4 rings (SSSR count). The van der Waals surface area contributed by atoms with Gasteiger partial charge in [-0.25, -0.2) is 4.39 Å². The minimum absolute atomic E-state index is 0.0941. The van der Waals surface area contributed by atoms with Gasteiger partial charge >= 0.3 is 0 Å². The molecule has 152 valence electrons. The van der Waals surface area contributed by atoms with Gasteiger partial charge in [0.05, 0.1) is 0 Å². The molecule has 0 bridgehead atoms. The van der Waals surface area contributed by atoms with Crippen LogP contribution in [0.4, 0.5) is 4.39 Å². The summed E-state index contributed by atoms with van der Waals surface area (Å²) in [5.74, 6) is -0.0941. The fourth-order valence-electron chi connectivity index (χ4n) is 4.45. The second kappa shape index (κ2) is 9.41. The molecule has 0 radical (unpaired) electrons. The molecule has 0 unspecified atom stereocenters. The summed E-state index contributed by atoms with van der Waals surface area (Å²) < 4.78 is 16.7. The molecule has 1 aliphatic rings. The molecule has 0 atom stereocenters. The van der Waals surface area contributed by atoms with Crippen molar-refractivity contribution in [1.82, 2.24) is 9.47 Å². The Hall–Kier alpha value is -2.39. The first-order valence-corrected chi connectivity index (χ1v) is 10.9. The molecule has 0 spiro atoms. The third kappa shape index (κ3) is 5.16. The van der Waals surface area contributed by atoms with E-state index in [4.69, 9.17) is 0 Å². The Morgan fingerprint density at radius 1 is 0.897 bits per heavy atom. The summed E-state index contributed by atoms with van der Waals surface area (Å²) >= 11 is 0. The van der Waals surface area contributed by atoms with E-state index in [0.29, 0.717) is 12.6 Å². The topological polar surface area (TPSA) is 8.17 Å². The van der Waals surface area contributed by atoms with Crippen molar-refractivity contribution < 1.29 is 4.39 Å². The SMILES string of the molecule is Cc1ccc(Cn2cccc2CN(Cc2ccccc2F)C2CCCCC2)cc1. The molecular formula is C26H31FN2. The third-order valence-corrected chi connectivity index (χ3v) is 6.18. The highest BCUT2D eigenvalue weighted by Gasteiger charge is 2.23. The highest BCUT2D eigenvalue weighted by molar-refractivity contribution is 5.23. The van der Waals surface area contributed by atoms with Crippen LogP contribution in [0.1, 0.15) is 54.5 Å². The molecule has 1 fully saturated rings. The van der Waals surface area contributed by atoms with E-state index in [-0.39, 0.29) is 5.82 Å². The molecule has 1 aliphatic carbocycles. The lowest BCUT2D eigenvalue weighted by Crippen LogP contribution is -2.36. The lowest BCUT2D eigenvalue weighted by Gasteiger charge is -2.34. The Labute approximate surface area is 174 Å². The van der Waals surface area contributed by atoms with Crippen LogP contribution in [0.15, 0.2) is 66.9 Å².